The predicted molar refractivity (Wildman–Crippen MR) is 98.3 cm³/mol. The minimum absolute atomic E-state index is 0.0383. The summed E-state index contributed by atoms with van der Waals surface area (Å²) >= 11 is 1.33. The van der Waals surface area contributed by atoms with Gasteiger partial charge in [-0.25, -0.2) is 4.98 Å². The second kappa shape index (κ2) is 6.48. The first-order valence-electron chi connectivity index (χ1n) is 8.46. The van der Waals surface area contributed by atoms with E-state index in [1.807, 2.05) is 43.1 Å². The zero-order valence-corrected chi connectivity index (χ0v) is 15.1. The van der Waals surface area contributed by atoms with Gasteiger partial charge >= 0.3 is 0 Å². The number of likely N-dealkylation sites (tertiary alicyclic amines) is 1. The highest BCUT2D eigenvalue weighted by molar-refractivity contribution is 7.10. The van der Waals surface area contributed by atoms with Crippen LogP contribution in [0.3, 0.4) is 0 Å². The third kappa shape index (κ3) is 2.89. The average molecular weight is 356 g/mol. The van der Waals surface area contributed by atoms with Crippen molar-refractivity contribution in [1.29, 1.82) is 0 Å². The molecular weight excluding hydrogens is 336 g/mol. The molecule has 3 aromatic rings. The molecule has 1 aliphatic heterocycles. The molecule has 0 unspecified atom stereocenters. The second-order valence-corrected chi connectivity index (χ2v) is 7.11. The van der Waals surface area contributed by atoms with Crippen molar-refractivity contribution >= 4 is 33.5 Å². The quantitative estimate of drug-likeness (QED) is 0.775. The van der Waals surface area contributed by atoms with Crippen LogP contribution < -0.4 is 5.32 Å². The highest BCUT2D eigenvalue weighted by atomic mass is 32.1. The van der Waals surface area contributed by atoms with Gasteiger partial charge < -0.3 is 14.6 Å². The lowest BCUT2D eigenvalue weighted by Crippen LogP contribution is -2.39. The molecular formula is C18H20N4O2S. The maximum Gasteiger partial charge on any atom is 0.258 e. The Bertz CT molecular complexity index is 884. The molecule has 1 amide bonds. The molecule has 1 atom stereocenters. The number of amides is 1. The maximum atomic E-state index is 13.0. The van der Waals surface area contributed by atoms with Gasteiger partial charge in [-0.2, -0.15) is 4.37 Å². The van der Waals surface area contributed by atoms with Crippen LogP contribution in [0.1, 0.15) is 40.7 Å². The molecule has 25 heavy (non-hydrogen) atoms. The third-order valence-electron chi connectivity index (χ3n) is 4.67. The first-order valence-corrected chi connectivity index (χ1v) is 9.23. The van der Waals surface area contributed by atoms with Crippen molar-refractivity contribution in [3.05, 3.63) is 41.4 Å². The Balaban J connectivity index is 1.58. The smallest absolute Gasteiger partial charge is 0.258 e. The number of benzene rings is 1. The Morgan fingerprint density at radius 1 is 1.40 bits per heavy atom. The van der Waals surface area contributed by atoms with Gasteiger partial charge in [-0.05, 0) is 43.4 Å². The van der Waals surface area contributed by atoms with Crippen molar-refractivity contribution in [2.24, 2.45) is 0 Å². The number of anilines is 1. The lowest BCUT2D eigenvalue weighted by atomic mass is 9.97. The molecule has 1 fully saturated rings. The Kier molecular flexibility index (Phi) is 4.17. The van der Waals surface area contributed by atoms with Crippen LogP contribution in [0.5, 0.6) is 0 Å². The average Bonchev–Trinajstić information content (AvgIpc) is 3.24. The van der Waals surface area contributed by atoms with Crippen molar-refractivity contribution in [2.45, 2.75) is 25.7 Å². The van der Waals surface area contributed by atoms with Crippen LogP contribution in [0.25, 0.3) is 11.1 Å². The number of hydrogen-bond donors (Lipinski definition) is 1. The number of aromatic nitrogens is 2. The fourth-order valence-electron chi connectivity index (χ4n) is 3.38. The van der Waals surface area contributed by atoms with Crippen molar-refractivity contribution in [1.82, 2.24) is 14.3 Å². The molecule has 0 bridgehead atoms. The number of hydrogen-bond acceptors (Lipinski definition) is 6. The molecule has 6 nitrogen and oxygen atoms in total. The first kappa shape index (κ1) is 16.1. The number of para-hydroxylation sites is 2. The van der Waals surface area contributed by atoms with Crippen LogP contribution in [-0.4, -0.2) is 40.3 Å². The lowest BCUT2D eigenvalue weighted by molar-refractivity contribution is 0.0699. The van der Waals surface area contributed by atoms with E-state index in [1.165, 1.54) is 11.5 Å². The van der Waals surface area contributed by atoms with E-state index in [0.717, 1.165) is 47.1 Å². The standard InChI is InChI=1S/C18H20N4O2S/c1-11-15(17(19-2)25-21-11)18(23)22-9-5-6-12(10-22)16-20-13-7-3-4-8-14(13)24-16/h3-4,7-8,12,19H,5-6,9-10H2,1-2H3/t12-/m0/s1. The number of nitrogens with one attached hydrogen (secondary N) is 1. The van der Waals surface area contributed by atoms with Gasteiger partial charge in [0.05, 0.1) is 17.2 Å². The van der Waals surface area contributed by atoms with Crippen LogP contribution in [0.15, 0.2) is 28.7 Å². The summed E-state index contributed by atoms with van der Waals surface area (Å²) in [4.78, 5) is 19.5. The number of fused-ring (bicyclic) bond motifs is 1. The van der Waals surface area contributed by atoms with Crippen LogP contribution in [-0.2, 0) is 0 Å². The number of carbonyl (C=O) groups excluding carboxylic acids is 1. The Morgan fingerprint density at radius 2 is 2.24 bits per heavy atom. The summed E-state index contributed by atoms with van der Waals surface area (Å²) in [6.07, 6.45) is 1.93. The van der Waals surface area contributed by atoms with Crippen LogP contribution in [0.2, 0.25) is 0 Å². The minimum Gasteiger partial charge on any atom is -0.440 e. The predicted octanol–water partition coefficient (Wildman–Crippen LogP) is 3.65. The summed E-state index contributed by atoms with van der Waals surface area (Å²) < 4.78 is 10.2. The van der Waals surface area contributed by atoms with Crippen molar-refractivity contribution in [3.63, 3.8) is 0 Å². The normalized spacial score (nSPS) is 17.8. The van der Waals surface area contributed by atoms with Gasteiger partial charge in [0.25, 0.3) is 5.91 Å². The third-order valence-corrected chi connectivity index (χ3v) is 5.63. The second-order valence-electron chi connectivity index (χ2n) is 6.33. The fraction of sp³-hybridized carbons (Fsp3) is 0.389. The zero-order valence-electron chi connectivity index (χ0n) is 14.3. The number of carbonyl (C=O) groups is 1. The van der Waals surface area contributed by atoms with Crippen molar-refractivity contribution in [2.75, 3.05) is 25.5 Å². The van der Waals surface area contributed by atoms with Gasteiger partial charge in [0.2, 0.25) is 0 Å². The number of aryl methyl sites for hydroxylation is 1. The summed E-state index contributed by atoms with van der Waals surface area (Å²) in [5, 5.41) is 3.90. The van der Waals surface area contributed by atoms with Gasteiger partial charge in [0.1, 0.15) is 10.5 Å². The van der Waals surface area contributed by atoms with Crippen LogP contribution >= 0.6 is 11.5 Å². The van der Waals surface area contributed by atoms with Gasteiger partial charge in [-0.3, -0.25) is 4.79 Å². The van der Waals surface area contributed by atoms with E-state index in [-0.39, 0.29) is 11.8 Å². The molecule has 0 radical (unpaired) electrons. The van der Waals surface area contributed by atoms with E-state index in [1.54, 1.807) is 0 Å². The van der Waals surface area contributed by atoms with Gasteiger partial charge in [0, 0.05) is 20.1 Å². The molecule has 0 spiro atoms. The van der Waals surface area contributed by atoms with Gasteiger partial charge in [-0.15, -0.1) is 0 Å². The molecule has 1 N–H and O–H groups in total. The number of piperidine rings is 1. The fourth-order valence-corrected chi connectivity index (χ4v) is 4.12. The number of nitrogens with zero attached hydrogens (tertiary/aromatic N) is 3. The molecule has 2 aromatic heterocycles. The molecule has 130 valence electrons. The maximum absolute atomic E-state index is 13.0. The van der Waals surface area contributed by atoms with E-state index in [2.05, 4.69) is 14.7 Å². The highest BCUT2D eigenvalue weighted by Gasteiger charge is 2.31. The topological polar surface area (TPSA) is 71.3 Å². The summed E-state index contributed by atoms with van der Waals surface area (Å²) in [6.45, 7) is 3.27. The highest BCUT2D eigenvalue weighted by Crippen LogP contribution is 2.32. The largest absolute Gasteiger partial charge is 0.440 e. The summed E-state index contributed by atoms with van der Waals surface area (Å²) in [5.41, 5.74) is 3.14. The van der Waals surface area contributed by atoms with E-state index >= 15 is 0 Å². The van der Waals surface area contributed by atoms with Crippen LogP contribution in [0, 0.1) is 6.92 Å². The summed E-state index contributed by atoms with van der Waals surface area (Å²) in [5.74, 6) is 0.902. The molecule has 7 heteroatoms. The Hall–Kier alpha value is -2.41. The first-order chi connectivity index (χ1) is 12.2. The van der Waals surface area contributed by atoms with E-state index in [9.17, 15) is 4.79 Å². The molecule has 0 saturated carbocycles. The van der Waals surface area contributed by atoms with Gasteiger partial charge in [-0.1, -0.05) is 12.1 Å². The SMILES string of the molecule is CNc1snc(C)c1C(=O)N1CCC[C@H](c2nc3ccccc3o2)C1. The van der Waals surface area contributed by atoms with Gasteiger partial charge in [0.15, 0.2) is 11.5 Å². The van der Waals surface area contributed by atoms with Crippen molar-refractivity contribution < 1.29 is 9.21 Å². The molecule has 3 heterocycles. The van der Waals surface area contributed by atoms with E-state index < -0.39 is 0 Å². The van der Waals surface area contributed by atoms with E-state index in [0.29, 0.717) is 12.1 Å². The Labute approximate surface area is 150 Å². The number of oxazole rings is 1. The van der Waals surface area contributed by atoms with Crippen molar-refractivity contribution in [3.8, 4) is 0 Å². The zero-order chi connectivity index (χ0) is 17.4. The molecule has 1 saturated heterocycles. The van der Waals surface area contributed by atoms with Crippen LogP contribution in [0.4, 0.5) is 5.00 Å². The Morgan fingerprint density at radius 3 is 3.04 bits per heavy atom. The van der Waals surface area contributed by atoms with E-state index in [4.69, 9.17) is 4.42 Å². The monoisotopic (exact) mass is 356 g/mol. The minimum atomic E-state index is 0.0383. The molecule has 1 aliphatic rings. The lowest BCUT2D eigenvalue weighted by Gasteiger charge is -2.31. The molecule has 0 aliphatic carbocycles. The molecule has 1 aromatic carbocycles. The number of rotatable bonds is 3. The molecule has 4 rings (SSSR count). The summed E-state index contributed by atoms with van der Waals surface area (Å²) in [6, 6.07) is 7.78. The summed E-state index contributed by atoms with van der Waals surface area (Å²) in [7, 11) is 1.82.